The first-order valence-electron chi connectivity index (χ1n) is 9.30. The van der Waals surface area contributed by atoms with E-state index >= 15 is 0 Å². The lowest BCUT2D eigenvalue weighted by Crippen LogP contribution is -2.42. The third-order valence-electron chi connectivity index (χ3n) is 4.61. The van der Waals surface area contributed by atoms with Crippen molar-refractivity contribution < 1.29 is 33.8 Å². The van der Waals surface area contributed by atoms with Gasteiger partial charge in [0, 0.05) is 10.0 Å². The highest BCUT2D eigenvalue weighted by Gasteiger charge is 2.41. The van der Waals surface area contributed by atoms with Crippen molar-refractivity contribution in [3.05, 3.63) is 68.5 Å². The van der Waals surface area contributed by atoms with Crippen LogP contribution in [0.15, 0.2) is 51.8 Å². The topological polar surface area (TPSA) is 110 Å². The Hall–Kier alpha value is -3.11. The van der Waals surface area contributed by atoms with Crippen LogP contribution in [0.3, 0.4) is 0 Å². The third-order valence-corrected chi connectivity index (χ3v) is 5.98. The molecule has 8 nitrogen and oxygen atoms in total. The molecule has 2 aromatic carbocycles. The molecule has 166 valence electrons. The van der Waals surface area contributed by atoms with Gasteiger partial charge in [-0.15, -0.1) is 0 Å². The zero-order valence-electron chi connectivity index (χ0n) is 17.0. The molecule has 10 heteroatoms. The summed E-state index contributed by atoms with van der Waals surface area (Å²) >= 11 is 4.11. The molecule has 0 unspecified atom stereocenters. The summed E-state index contributed by atoms with van der Waals surface area (Å²) in [7, 11) is 1.19. The number of aromatic carboxylic acids is 1. The lowest BCUT2D eigenvalue weighted by atomic mass is 10.1. The predicted molar refractivity (Wildman–Crippen MR) is 121 cm³/mol. The number of methoxy groups -OCH3 is 1. The maximum atomic E-state index is 12.8. The number of imide groups is 1. The third kappa shape index (κ3) is 5.20. The number of amides is 2. The number of thioether (sulfide) groups is 1. The largest absolute Gasteiger partial charge is 0.488 e. The fraction of sp³-hybridized carbons (Fsp3) is 0.182. The molecule has 0 radical (unpaired) electrons. The summed E-state index contributed by atoms with van der Waals surface area (Å²) in [5.74, 6) is -1.83. The highest BCUT2D eigenvalue weighted by Crippen LogP contribution is 2.36. The van der Waals surface area contributed by atoms with Gasteiger partial charge in [0.25, 0.3) is 11.1 Å². The van der Waals surface area contributed by atoms with E-state index in [0.717, 1.165) is 26.7 Å². The Morgan fingerprint density at radius 3 is 2.50 bits per heavy atom. The molecule has 0 aromatic heterocycles. The summed E-state index contributed by atoms with van der Waals surface area (Å²) in [6.07, 6.45) is 1.53. The van der Waals surface area contributed by atoms with Gasteiger partial charge in [0.1, 0.15) is 18.4 Å². The van der Waals surface area contributed by atoms with E-state index < -0.39 is 29.1 Å². The Morgan fingerprint density at radius 2 is 1.88 bits per heavy atom. The van der Waals surface area contributed by atoms with E-state index in [9.17, 15) is 19.2 Å². The van der Waals surface area contributed by atoms with Gasteiger partial charge in [-0.05, 0) is 60.7 Å². The maximum absolute atomic E-state index is 12.8. The molecule has 1 aliphatic heterocycles. The van der Waals surface area contributed by atoms with Crippen molar-refractivity contribution in [2.24, 2.45) is 0 Å². The van der Waals surface area contributed by atoms with Crippen LogP contribution in [-0.2, 0) is 20.9 Å². The van der Waals surface area contributed by atoms with Crippen LogP contribution in [0.4, 0.5) is 4.79 Å². The van der Waals surface area contributed by atoms with Crippen molar-refractivity contribution in [1.29, 1.82) is 0 Å². The monoisotopic (exact) mass is 519 g/mol. The molecule has 2 aromatic rings. The predicted octanol–water partition coefficient (Wildman–Crippen LogP) is 4.32. The van der Waals surface area contributed by atoms with Gasteiger partial charge in [0.05, 0.1) is 17.6 Å². The molecular weight excluding hydrogens is 502 g/mol. The van der Waals surface area contributed by atoms with Crippen molar-refractivity contribution in [3.63, 3.8) is 0 Å². The van der Waals surface area contributed by atoms with Crippen LogP contribution in [0.2, 0.25) is 0 Å². The SMILES string of the molecule is COC(=O)[C@@H](C)N1C(=O)S/C(=C/c2cc(Br)ccc2OCc2ccc(C(=O)O)cc2)C1=O. The van der Waals surface area contributed by atoms with Crippen LogP contribution in [0.1, 0.15) is 28.4 Å². The second kappa shape index (κ2) is 10.0. The maximum Gasteiger partial charge on any atom is 0.335 e. The molecule has 1 atom stereocenters. The van der Waals surface area contributed by atoms with E-state index in [4.69, 9.17) is 9.84 Å². The van der Waals surface area contributed by atoms with E-state index in [2.05, 4.69) is 20.7 Å². The normalized spacial score (nSPS) is 15.7. The smallest absolute Gasteiger partial charge is 0.335 e. The highest BCUT2D eigenvalue weighted by atomic mass is 79.9. The quantitative estimate of drug-likeness (QED) is 0.425. The van der Waals surface area contributed by atoms with Crippen LogP contribution in [-0.4, -0.2) is 46.2 Å². The van der Waals surface area contributed by atoms with Crippen molar-refractivity contribution in [3.8, 4) is 5.75 Å². The second-order valence-corrected chi connectivity index (χ2v) is 8.63. The van der Waals surface area contributed by atoms with E-state index in [0.29, 0.717) is 11.3 Å². The molecule has 0 bridgehead atoms. The summed E-state index contributed by atoms with van der Waals surface area (Å²) in [6.45, 7) is 1.59. The van der Waals surface area contributed by atoms with Crippen molar-refractivity contribution in [2.75, 3.05) is 7.11 Å². The molecule has 32 heavy (non-hydrogen) atoms. The van der Waals surface area contributed by atoms with Gasteiger partial charge in [0.2, 0.25) is 0 Å². The first kappa shape index (κ1) is 23.6. The number of hydrogen-bond donors (Lipinski definition) is 1. The molecule has 3 rings (SSSR count). The molecular formula is C22H18BrNO7S. The molecule has 1 aliphatic rings. The van der Waals surface area contributed by atoms with Gasteiger partial charge in [-0.3, -0.25) is 14.5 Å². The number of rotatable bonds is 7. The Bertz CT molecular complexity index is 1110. The van der Waals surface area contributed by atoms with Gasteiger partial charge < -0.3 is 14.6 Å². The van der Waals surface area contributed by atoms with Crippen LogP contribution < -0.4 is 4.74 Å². The molecule has 1 N–H and O–H groups in total. The minimum Gasteiger partial charge on any atom is -0.488 e. The lowest BCUT2D eigenvalue weighted by Gasteiger charge is -2.18. The molecule has 0 spiro atoms. The molecule has 0 saturated carbocycles. The number of carbonyl (C=O) groups excluding carboxylic acids is 3. The Morgan fingerprint density at radius 1 is 1.19 bits per heavy atom. The highest BCUT2D eigenvalue weighted by molar-refractivity contribution is 9.10. The number of benzene rings is 2. The Labute approximate surface area is 196 Å². The average molecular weight is 520 g/mol. The Balaban J connectivity index is 1.82. The van der Waals surface area contributed by atoms with Crippen LogP contribution >= 0.6 is 27.7 Å². The van der Waals surface area contributed by atoms with Crippen molar-refractivity contribution in [2.45, 2.75) is 19.6 Å². The molecule has 0 aliphatic carbocycles. The molecule has 1 fully saturated rings. The van der Waals surface area contributed by atoms with E-state index in [1.54, 1.807) is 30.3 Å². The van der Waals surface area contributed by atoms with Crippen LogP contribution in [0.25, 0.3) is 6.08 Å². The number of ether oxygens (including phenoxy) is 2. The fourth-order valence-electron chi connectivity index (χ4n) is 2.90. The Kier molecular flexibility index (Phi) is 7.37. The fourth-order valence-corrected chi connectivity index (χ4v) is 4.18. The molecule has 1 saturated heterocycles. The van der Waals surface area contributed by atoms with Crippen LogP contribution in [0, 0.1) is 0 Å². The summed E-state index contributed by atoms with van der Waals surface area (Å²) < 4.78 is 11.2. The van der Waals surface area contributed by atoms with Crippen LogP contribution in [0.5, 0.6) is 5.75 Å². The number of carboxylic acids is 1. The van der Waals surface area contributed by atoms with Gasteiger partial charge in [-0.25, -0.2) is 9.59 Å². The van der Waals surface area contributed by atoms with E-state index in [1.807, 2.05) is 0 Å². The van der Waals surface area contributed by atoms with Gasteiger partial charge in [0.15, 0.2) is 0 Å². The minimum atomic E-state index is -1.04. The summed E-state index contributed by atoms with van der Waals surface area (Å²) in [5, 5.41) is 8.43. The minimum absolute atomic E-state index is 0.152. The summed E-state index contributed by atoms with van der Waals surface area (Å²) in [6, 6.07) is 10.5. The van der Waals surface area contributed by atoms with E-state index in [1.165, 1.54) is 32.2 Å². The van der Waals surface area contributed by atoms with Crippen molar-refractivity contribution >= 4 is 56.9 Å². The molecule has 1 heterocycles. The van der Waals surface area contributed by atoms with E-state index in [-0.39, 0.29) is 17.1 Å². The zero-order valence-corrected chi connectivity index (χ0v) is 19.4. The zero-order chi connectivity index (χ0) is 23.4. The van der Waals surface area contributed by atoms with Gasteiger partial charge in [-0.1, -0.05) is 28.1 Å². The number of carboxylic acid groups (broad SMARTS) is 1. The second-order valence-electron chi connectivity index (χ2n) is 6.72. The molecule has 2 amide bonds. The standard InChI is InChI=1S/C22H18BrNO7S/c1-12(21(28)30-2)24-19(25)18(32-22(24)29)10-15-9-16(23)7-8-17(15)31-11-13-3-5-14(6-4-13)20(26)27/h3-10,12H,11H2,1-2H3,(H,26,27)/b18-10+/t12-/m1/s1. The van der Waals surface area contributed by atoms with Crippen molar-refractivity contribution in [1.82, 2.24) is 4.90 Å². The summed E-state index contributed by atoms with van der Waals surface area (Å²) in [5.41, 5.74) is 1.49. The number of hydrogen-bond acceptors (Lipinski definition) is 7. The summed E-state index contributed by atoms with van der Waals surface area (Å²) in [4.78, 5) is 48.8. The number of nitrogens with zero attached hydrogens (tertiary/aromatic N) is 1. The van der Waals surface area contributed by atoms with Gasteiger partial charge in [-0.2, -0.15) is 0 Å². The lowest BCUT2D eigenvalue weighted by molar-refractivity contribution is -0.148. The number of esters is 1. The first-order valence-corrected chi connectivity index (χ1v) is 10.9. The number of halogens is 1. The first-order chi connectivity index (χ1) is 15.2. The van der Waals surface area contributed by atoms with Gasteiger partial charge >= 0.3 is 11.9 Å². The average Bonchev–Trinajstić information content (AvgIpc) is 3.05. The number of carbonyl (C=O) groups is 4.